The van der Waals surface area contributed by atoms with Crippen LogP contribution in [0.5, 0.6) is 0 Å². The third-order valence-corrected chi connectivity index (χ3v) is 5.51. The third kappa shape index (κ3) is 6.36. The Labute approximate surface area is 133 Å². The lowest BCUT2D eigenvalue weighted by Crippen LogP contribution is -2.23. The molecule has 0 saturated heterocycles. The minimum Gasteiger partial charge on any atom is -0.465 e. The van der Waals surface area contributed by atoms with Crippen molar-refractivity contribution in [2.45, 2.75) is 13.8 Å². The third-order valence-electron chi connectivity index (χ3n) is 2.05. The Bertz CT molecular complexity index is 426. The lowest BCUT2D eigenvalue weighted by molar-refractivity contribution is -0.144. The van der Waals surface area contributed by atoms with E-state index in [0.29, 0.717) is 13.2 Å². The molecule has 0 spiro atoms. The average molecular weight is 357 g/mol. The summed E-state index contributed by atoms with van der Waals surface area (Å²) in [6, 6.07) is 0. The second-order valence-electron chi connectivity index (χ2n) is 3.34. The summed E-state index contributed by atoms with van der Waals surface area (Å²) >= 11 is 6.42. The van der Waals surface area contributed by atoms with Crippen molar-refractivity contribution in [2.24, 2.45) is 0 Å². The maximum absolute atomic E-state index is 11.8. The van der Waals surface area contributed by atoms with Gasteiger partial charge in [0.25, 0.3) is 6.64 Å². The fourth-order valence-corrected chi connectivity index (χ4v) is 4.66. The molecule has 0 aliphatic rings. The van der Waals surface area contributed by atoms with E-state index in [1.54, 1.807) is 20.1 Å². The molecule has 0 aromatic carbocycles. The molecule has 7 nitrogen and oxygen atoms in total. The van der Waals surface area contributed by atoms with Crippen molar-refractivity contribution in [3.8, 4) is 0 Å². The summed E-state index contributed by atoms with van der Waals surface area (Å²) < 4.78 is 20.0. The van der Waals surface area contributed by atoms with Crippen molar-refractivity contribution < 1.29 is 28.1 Å². The van der Waals surface area contributed by atoms with E-state index in [4.69, 9.17) is 20.9 Å². The number of hydrogen-bond donors (Lipinski definition) is 1. The van der Waals surface area contributed by atoms with Gasteiger partial charge in [0.05, 0.1) is 32.5 Å². The Hall–Kier alpha value is -0.600. The maximum Gasteiger partial charge on any atom is 0.348 e. The van der Waals surface area contributed by atoms with Gasteiger partial charge >= 0.3 is 11.9 Å². The predicted molar refractivity (Wildman–Crippen MR) is 85.2 cm³/mol. The molecule has 0 bridgehead atoms. The summed E-state index contributed by atoms with van der Waals surface area (Å²) in [4.78, 5) is 23.6. The van der Waals surface area contributed by atoms with E-state index in [9.17, 15) is 9.59 Å². The molecule has 0 amide bonds. The largest absolute Gasteiger partial charge is 0.465 e. The molecule has 0 aromatic rings. The quantitative estimate of drug-likeness (QED) is 0.218. The average Bonchev–Trinajstić information content (AvgIpc) is 2.46. The second kappa shape index (κ2) is 10.2. The second-order valence-corrected chi connectivity index (χ2v) is 7.33. The van der Waals surface area contributed by atoms with E-state index in [1.807, 2.05) is 0 Å². The zero-order valence-corrected chi connectivity index (χ0v) is 15.2. The first-order valence-electron chi connectivity index (χ1n) is 6.01. The molecular formula is C11H20NO6PS2. The lowest BCUT2D eigenvalue weighted by Gasteiger charge is -2.24. The van der Waals surface area contributed by atoms with E-state index in [-0.39, 0.29) is 10.6 Å². The van der Waals surface area contributed by atoms with Gasteiger partial charge in [-0.05, 0) is 31.9 Å². The SMILES string of the molecule is CCOP(=S)(NC(SC)=C(C(=O)OC)C(=O)OC)OCC. The van der Waals surface area contributed by atoms with Crippen molar-refractivity contribution in [3.05, 3.63) is 10.6 Å². The highest BCUT2D eigenvalue weighted by Gasteiger charge is 2.29. The first kappa shape index (κ1) is 20.4. The van der Waals surface area contributed by atoms with Crippen LogP contribution >= 0.6 is 18.4 Å². The first-order valence-corrected chi connectivity index (χ1v) is 9.87. The van der Waals surface area contributed by atoms with Crippen LogP contribution < -0.4 is 5.09 Å². The van der Waals surface area contributed by atoms with Crippen LogP contribution in [0.4, 0.5) is 0 Å². The summed E-state index contributed by atoms with van der Waals surface area (Å²) in [5.74, 6) is -1.65. The molecule has 0 unspecified atom stereocenters. The van der Waals surface area contributed by atoms with Crippen molar-refractivity contribution in [1.82, 2.24) is 5.09 Å². The zero-order valence-electron chi connectivity index (χ0n) is 12.6. The van der Waals surface area contributed by atoms with Gasteiger partial charge in [0.1, 0.15) is 0 Å². The summed E-state index contributed by atoms with van der Waals surface area (Å²) in [6.45, 7) is 1.34. The molecule has 0 saturated carbocycles. The number of ether oxygens (including phenoxy) is 2. The molecule has 10 heteroatoms. The number of nitrogens with one attached hydrogen (secondary N) is 1. The van der Waals surface area contributed by atoms with E-state index in [1.165, 1.54) is 14.2 Å². The highest BCUT2D eigenvalue weighted by Crippen LogP contribution is 2.46. The van der Waals surface area contributed by atoms with Crippen molar-refractivity contribution in [2.75, 3.05) is 33.7 Å². The molecule has 122 valence electrons. The topological polar surface area (TPSA) is 83.1 Å². The Morgan fingerprint density at radius 1 is 1.10 bits per heavy atom. The monoisotopic (exact) mass is 357 g/mol. The minimum absolute atomic E-state index is 0.193. The van der Waals surface area contributed by atoms with Gasteiger partial charge in [-0.3, -0.25) is 0 Å². The smallest absolute Gasteiger partial charge is 0.348 e. The molecule has 0 heterocycles. The molecule has 0 radical (unpaired) electrons. The van der Waals surface area contributed by atoms with Gasteiger partial charge < -0.3 is 23.6 Å². The van der Waals surface area contributed by atoms with E-state index >= 15 is 0 Å². The standard InChI is InChI=1S/C11H20NO6PS2/c1-6-17-19(20,18-7-2)12-9(21-5)8(10(13)15-3)11(14)16-4/h6-7H2,1-5H3,(H,12,20). The Kier molecular flexibility index (Phi) is 9.89. The van der Waals surface area contributed by atoms with Crippen LogP contribution in [0.3, 0.4) is 0 Å². The highest BCUT2D eigenvalue weighted by molar-refractivity contribution is 8.10. The predicted octanol–water partition coefficient (Wildman–Crippen LogP) is 1.79. The van der Waals surface area contributed by atoms with E-state index in [2.05, 4.69) is 14.6 Å². The van der Waals surface area contributed by atoms with Crippen LogP contribution in [0.15, 0.2) is 10.6 Å². The normalized spacial score (nSPS) is 10.7. The molecule has 0 aromatic heterocycles. The summed E-state index contributed by atoms with van der Waals surface area (Å²) in [6.07, 6.45) is 1.67. The number of esters is 2. The molecule has 0 atom stereocenters. The van der Waals surface area contributed by atoms with Gasteiger partial charge in [-0.1, -0.05) is 0 Å². The minimum atomic E-state index is -2.86. The first-order chi connectivity index (χ1) is 9.88. The summed E-state index contributed by atoms with van der Waals surface area (Å²) in [5, 5.41) is 3.03. The summed E-state index contributed by atoms with van der Waals surface area (Å²) in [7, 11) is 2.34. The number of hydrogen-bond acceptors (Lipinski definition) is 8. The Morgan fingerprint density at radius 3 is 1.81 bits per heavy atom. The Balaban J connectivity index is 5.68. The number of methoxy groups -OCH3 is 2. The van der Waals surface area contributed by atoms with Gasteiger partial charge in [0.15, 0.2) is 5.57 Å². The van der Waals surface area contributed by atoms with E-state index < -0.39 is 18.6 Å². The van der Waals surface area contributed by atoms with E-state index in [0.717, 1.165) is 11.8 Å². The van der Waals surface area contributed by atoms with Crippen LogP contribution in [0.1, 0.15) is 13.8 Å². The van der Waals surface area contributed by atoms with Gasteiger partial charge in [-0.15, -0.1) is 11.8 Å². The van der Waals surface area contributed by atoms with Gasteiger partial charge in [0.2, 0.25) is 0 Å². The molecular weight excluding hydrogens is 337 g/mol. The highest BCUT2D eigenvalue weighted by atomic mass is 32.5. The lowest BCUT2D eigenvalue weighted by atomic mass is 10.3. The fraction of sp³-hybridized carbons (Fsp3) is 0.636. The van der Waals surface area contributed by atoms with Gasteiger partial charge in [0, 0.05) is 0 Å². The number of rotatable bonds is 9. The zero-order chi connectivity index (χ0) is 16.5. The van der Waals surface area contributed by atoms with Crippen LogP contribution in [0, 0.1) is 0 Å². The summed E-state index contributed by atoms with van der Waals surface area (Å²) in [5.41, 5.74) is -0.277. The van der Waals surface area contributed by atoms with Crippen LogP contribution in [-0.2, 0) is 39.9 Å². The van der Waals surface area contributed by atoms with Crippen molar-refractivity contribution in [3.63, 3.8) is 0 Å². The number of carbonyl (C=O) groups excluding carboxylic acids is 2. The number of thioether (sulfide) groups is 1. The van der Waals surface area contributed by atoms with Crippen molar-refractivity contribution >= 4 is 42.1 Å². The molecule has 0 aliphatic carbocycles. The van der Waals surface area contributed by atoms with Gasteiger partial charge in [-0.2, -0.15) is 0 Å². The van der Waals surface area contributed by atoms with Crippen LogP contribution in [0.25, 0.3) is 0 Å². The molecule has 0 rings (SSSR count). The van der Waals surface area contributed by atoms with Crippen LogP contribution in [-0.4, -0.2) is 45.6 Å². The molecule has 0 fully saturated rings. The fourth-order valence-electron chi connectivity index (χ4n) is 1.24. The molecule has 1 N–H and O–H groups in total. The van der Waals surface area contributed by atoms with Crippen molar-refractivity contribution in [1.29, 1.82) is 0 Å². The molecule has 0 aliphatic heterocycles. The van der Waals surface area contributed by atoms with Crippen LogP contribution in [0.2, 0.25) is 0 Å². The van der Waals surface area contributed by atoms with Gasteiger partial charge in [-0.25, -0.2) is 9.59 Å². The maximum atomic E-state index is 11.8. The Morgan fingerprint density at radius 2 is 1.52 bits per heavy atom. The number of carbonyl (C=O) groups is 2. The molecule has 21 heavy (non-hydrogen) atoms.